The summed E-state index contributed by atoms with van der Waals surface area (Å²) in [5.41, 5.74) is -0.0491. The van der Waals surface area contributed by atoms with E-state index in [1.165, 1.54) is 12.1 Å². The zero-order chi connectivity index (χ0) is 15.4. The monoisotopic (exact) mass is 303 g/mol. The molecule has 1 fully saturated rings. The molecule has 0 saturated carbocycles. The zero-order valence-corrected chi connectivity index (χ0v) is 12.2. The van der Waals surface area contributed by atoms with Gasteiger partial charge in [0.25, 0.3) is 0 Å². The summed E-state index contributed by atoms with van der Waals surface area (Å²) in [6.45, 7) is 2.06. The zero-order valence-electron chi connectivity index (χ0n) is 12.2. The summed E-state index contributed by atoms with van der Waals surface area (Å²) in [7, 11) is 0. The predicted octanol–water partition coefficient (Wildman–Crippen LogP) is 1.63. The molecule has 1 N–H and O–H groups in total. The molecule has 0 bridgehead atoms. The van der Waals surface area contributed by atoms with Gasteiger partial charge in [0.05, 0.1) is 5.69 Å². The molecule has 116 valence electrons. The first-order valence-electron chi connectivity index (χ1n) is 7.21. The number of likely N-dealkylation sites (tertiary alicyclic amines) is 1. The van der Waals surface area contributed by atoms with Crippen LogP contribution in [0, 0.1) is 5.82 Å². The van der Waals surface area contributed by atoms with Crippen molar-refractivity contribution in [3.63, 3.8) is 0 Å². The largest absolute Gasteiger partial charge is 0.490 e. The average molecular weight is 303 g/mol. The maximum Gasteiger partial charge on any atom is 0.126 e. The Morgan fingerprint density at radius 1 is 1.36 bits per heavy atom. The van der Waals surface area contributed by atoms with Crippen LogP contribution in [0.25, 0.3) is 0 Å². The van der Waals surface area contributed by atoms with Gasteiger partial charge in [-0.05, 0) is 18.6 Å². The Hall–Kier alpha value is -2.05. The maximum absolute atomic E-state index is 13.1. The standard InChI is InChI=1S/C16H18FN3O2/c17-13-2-1-3-15(8-13)22-12-16(21)4-7-20(11-16)10-14-9-18-5-6-19-14/h1-3,5-6,8-9,21H,4,7,10-12H2/t16-/m1/s1. The van der Waals surface area contributed by atoms with Crippen molar-refractivity contribution in [1.29, 1.82) is 0 Å². The van der Waals surface area contributed by atoms with E-state index in [-0.39, 0.29) is 12.4 Å². The highest BCUT2D eigenvalue weighted by atomic mass is 19.1. The van der Waals surface area contributed by atoms with Crippen LogP contribution in [0.15, 0.2) is 42.9 Å². The van der Waals surface area contributed by atoms with Gasteiger partial charge in [-0.3, -0.25) is 14.9 Å². The van der Waals surface area contributed by atoms with Gasteiger partial charge >= 0.3 is 0 Å². The average Bonchev–Trinajstić information content (AvgIpc) is 2.88. The minimum absolute atomic E-state index is 0.146. The highest BCUT2D eigenvalue weighted by Gasteiger charge is 2.37. The Kier molecular flexibility index (Phi) is 4.31. The fourth-order valence-electron chi connectivity index (χ4n) is 2.61. The number of benzene rings is 1. The van der Waals surface area contributed by atoms with E-state index in [0.717, 1.165) is 12.2 Å². The summed E-state index contributed by atoms with van der Waals surface area (Å²) in [5.74, 6) is 0.0843. The van der Waals surface area contributed by atoms with Crippen molar-refractivity contribution in [3.8, 4) is 5.75 Å². The minimum atomic E-state index is -0.922. The second-order valence-corrected chi connectivity index (χ2v) is 5.63. The third-order valence-corrected chi connectivity index (χ3v) is 3.72. The van der Waals surface area contributed by atoms with Gasteiger partial charge in [-0.1, -0.05) is 6.07 Å². The first kappa shape index (κ1) is 14.9. The lowest BCUT2D eigenvalue weighted by atomic mass is 10.1. The second kappa shape index (κ2) is 6.37. The molecule has 6 heteroatoms. The van der Waals surface area contributed by atoms with E-state index in [0.29, 0.717) is 25.3 Å². The molecule has 2 aromatic rings. The van der Waals surface area contributed by atoms with Crippen molar-refractivity contribution in [3.05, 3.63) is 54.4 Å². The van der Waals surface area contributed by atoms with Gasteiger partial charge in [-0.2, -0.15) is 0 Å². The number of nitrogens with zero attached hydrogens (tertiary/aromatic N) is 3. The summed E-state index contributed by atoms with van der Waals surface area (Å²) in [6.07, 6.45) is 5.63. The maximum atomic E-state index is 13.1. The third kappa shape index (κ3) is 3.78. The van der Waals surface area contributed by atoms with Gasteiger partial charge in [0.2, 0.25) is 0 Å². The van der Waals surface area contributed by atoms with E-state index < -0.39 is 5.60 Å². The van der Waals surface area contributed by atoms with Gasteiger partial charge in [-0.25, -0.2) is 4.39 Å². The molecule has 0 radical (unpaired) electrons. The fourth-order valence-corrected chi connectivity index (χ4v) is 2.61. The number of halogens is 1. The molecule has 22 heavy (non-hydrogen) atoms. The molecule has 0 spiro atoms. The smallest absolute Gasteiger partial charge is 0.126 e. The molecule has 1 aromatic heterocycles. The number of ether oxygens (including phenoxy) is 1. The highest BCUT2D eigenvalue weighted by Crippen LogP contribution is 2.24. The Morgan fingerprint density at radius 3 is 3.05 bits per heavy atom. The molecule has 1 aliphatic heterocycles. The molecule has 1 saturated heterocycles. The van der Waals surface area contributed by atoms with Crippen LogP contribution in [0.2, 0.25) is 0 Å². The first-order valence-corrected chi connectivity index (χ1v) is 7.21. The van der Waals surface area contributed by atoms with E-state index in [1.54, 1.807) is 30.7 Å². The van der Waals surface area contributed by atoms with Crippen molar-refractivity contribution >= 4 is 0 Å². The Bertz CT molecular complexity index is 626. The van der Waals surface area contributed by atoms with Gasteiger partial charge in [0, 0.05) is 44.3 Å². The molecular formula is C16H18FN3O2. The third-order valence-electron chi connectivity index (χ3n) is 3.72. The number of rotatable bonds is 5. The number of aliphatic hydroxyl groups is 1. The van der Waals surface area contributed by atoms with Crippen LogP contribution in [0.4, 0.5) is 4.39 Å². The van der Waals surface area contributed by atoms with E-state index >= 15 is 0 Å². The van der Waals surface area contributed by atoms with Gasteiger partial charge in [-0.15, -0.1) is 0 Å². The van der Waals surface area contributed by atoms with E-state index in [9.17, 15) is 9.50 Å². The molecule has 1 aliphatic rings. The van der Waals surface area contributed by atoms with Crippen LogP contribution in [-0.2, 0) is 6.54 Å². The molecule has 3 rings (SSSR count). The molecule has 5 nitrogen and oxygen atoms in total. The highest BCUT2D eigenvalue weighted by molar-refractivity contribution is 5.22. The number of hydrogen-bond acceptors (Lipinski definition) is 5. The second-order valence-electron chi connectivity index (χ2n) is 5.63. The molecule has 0 amide bonds. The number of aromatic nitrogens is 2. The fraction of sp³-hybridized carbons (Fsp3) is 0.375. The van der Waals surface area contributed by atoms with Crippen LogP contribution < -0.4 is 4.74 Å². The van der Waals surface area contributed by atoms with E-state index in [2.05, 4.69) is 14.9 Å². The summed E-state index contributed by atoms with van der Waals surface area (Å²) in [6, 6.07) is 5.94. The van der Waals surface area contributed by atoms with Crippen LogP contribution in [-0.4, -0.2) is 45.3 Å². The summed E-state index contributed by atoms with van der Waals surface area (Å²) < 4.78 is 18.6. The lowest BCUT2D eigenvalue weighted by molar-refractivity contribution is 0.00321. The normalized spacial score (nSPS) is 21.9. The summed E-state index contributed by atoms with van der Waals surface area (Å²) >= 11 is 0. The summed E-state index contributed by atoms with van der Waals surface area (Å²) in [5, 5.41) is 10.6. The van der Waals surface area contributed by atoms with Gasteiger partial charge in [0.1, 0.15) is 23.8 Å². The van der Waals surface area contributed by atoms with Gasteiger partial charge in [0.15, 0.2) is 0 Å². The van der Waals surface area contributed by atoms with Crippen molar-refractivity contribution in [1.82, 2.24) is 14.9 Å². The molecule has 1 atom stereocenters. The first-order chi connectivity index (χ1) is 10.6. The molecule has 0 unspecified atom stereocenters. The van der Waals surface area contributed by atoms with Crippen molar-refractivity contribution < 1.29 is 14.2 Å². The molecule has 1 aromatic carbocycles. The number of hydrogen-bond donors (Lipinski definition) is 1. The summed E-state index contributed by atoms with van der Waals surface area (Å²) in [4.78, 5) is 10.4. The Labute approximate surface area is 128 Å². The van der Waals surface area contributed by atoms with Crippen molar-refractivity contribution in [2.45, 2.75) is 18.6 Å². The Morgan fingerprint density at radius 2 is 2.27 bits per heavy atom. The lowest BCUT2D eigenvalue weighted by Gasteiger charge is -2.23. The SMILES string of the molecule is O[C@]1(COc2cccc(F)c2)CCN(Cc2cnccn2)C1. The Balaban J connectivity index is 1.54. The lowest BCUT2D eigenvalue weighted by Crippen LogP contribution is -2.39. The molecular weight excluding hydrogens is 285 g/mol. The molecule has 0 aliphatic carbocycles. The predicted molar refractivity (Wildman–Crippen MR) is 78.8 cm³/mol. The van der Waals surface area contributed by atoms with Crippen LogP contribution in [0.1, 0.15) is 12.1 Å². The van der Waals surface area contributed by atoms with Crippen LogP contribution in [0.5, 0.6) is 5.75 Å². The van der Waals surface area contributed by atoms with Crippen molar-refractivity contribution in [2.24, 2.45) is 0 Å². The van der Waals surface area contributed by atoms with Crippen LogP contribution >= 0.6 is 0 Å². The quantitative estimate of drug-likeness (QED) is 0.910. The number of β-amino-alcohol motifs (C(OH)–C–C–N with tert-alkyl or cyclic N) is 1. The van der Waals surface area contributed by atoms with E-state index in [4.69, 9.17) is 4.74 Å². The van der Waals surface area contributed by atoms with E-state index in [1.807, 2.05) is 0 Å². The van der Waals surface area contributed by atoms with Gasteiger partial charge < -0.3 is 9.84 Å². The topological polar surface area (TPSA) is 58.5 Å². The minimum Gasteiger partial charge on any atom is -0.490 e. The van der Waals surface area contributed by atoms with Crippen molar-refractivity contribution in [2.75, 3.05) is 19.7 Å². The van der Waals surface area contributed by atoms with Crippen LogP contribution in [0.3, 0.4) is 0 Å². The molecule has 2 heterocycles.